The van der Waals surface area contributed by atoms with Gasteiger partial charge in [-0.1, -0.05) is 35.5 Å². The van der Waals surface area contributed by atoms with Crippen LogP contribution in [0.5, 0.6) is 5.75 Å². The Morgan fingerprint density at radius 3 is 2.55 bits per heavy atom. The van der Waals surface area contributed by atoms with Crippen LogP contribution in [0.15, 0.2) is 59.1 Å². The lowest BCUT2D eigenvalue weighted by atomic mass is 9.96. The Balaban J connectivity index is 1.19. The number of hydrogen-bond donors (Lipinski definition) is 0. The number of carbonyl (C=O) groups excluding carboxylic acids is 1. The van der Waals surface area contributed by atoms with Crippen LogP contribution in [0, 0.1) is 5.82 Å². The van der Waals surface area contributed by atoms with Crippen molar-refractivity contribution < 1.29 is 23.2 Å². The number of aromatic nitrogens is 2. The molecule has 0 unspecified atom stereocenters. The first-order valence-corrected chi connectivity index (χ1v) is 10.3. The Bertz CT molecular complexity index is 970. The highest BCUT2D eigenvalue weighted by Crippen LogP contribution is 2.26. The molecular formula is C23H24FN3O4. The number of halogens is 1. The largest absolute Gasteiger partial charge is 0.484 e. The Kier molecular flexibility index (Phi) is 6.89. The molecule has 0 spiro atoms. The maximum Gasteiger partial charge on any atom is 0.260 e. The van der Waals surface area contributed by atoms with Crippen molar-refractivity contribution in [1.82, 2.24) is 15.0 Å². The van der Waals surface area contributed by atoms with Gasteiger partial charge >= 0.3 is 0 Å². The molecule has 2 heterocycles. The number of likely N-dealkylation sites (tertiary alicyclic amines) is 1. The van der Waals surface area contributed by atoms with Crippen molar-refractivity contribution in [2.24, 2.45) is 0 Å². The fourth-order valence-corrected chi connectivity index (χ4v) is 3.48. The molecule has 0 aliphatic carbocycles. The maximum atomic E-state index is 12.9. The van der Waals surface area contributed by atoms with Crippen LogP contribution in [-0.4, -0.2) is 40.6 Å². The third-order valence-electron chi connectivity index (χ3n) is 5.21. The van der Waals surface area contributed by atoms with Crippen molar-refractivity contribution in [3.8, 4) is 5.75 Å². The van der Waals surface area contributed by atoms with Gasteiger partial charge in [-0.2, -0.15) is 4.98 Å². The second kappa shape index (κ2) is 10.2. The number of carbonyl (C=O) groups is 1. The Hall–Kier alpha value is -3.26. The molecular weight excluding hydrogens is 401 g/mol. The van der Waals surface area contributed by atoms with Crippen molar-refractivity contribution >= 4 is 5.91 Å². The second-order valence-corrected chi connectivity index (χ2v) is 7.42. The number of piperidine rings is 1. The molecule has 8 heteroatoms. The van der Waals surface area contributed by atoms with Crippen molar-refractivity contribution in [3.05, 3.63) is 77.7 Å². The van der Waals surface area contributed by atoms with Crippen molar-refractivity contribution in [3.63, 3.8) is 0 Å². The fourth-order valence-electron chi connectivity index (χ4n) is 3.48. The average Bonchev–Trinajstić information content (AvgIpc) is 3.28. The summed E-state index contributed by atoms with van der Waals surface area (Å²) in [5.74, 6) is 1.30. The van der Waals surface area contributed by atoms with Crippen LogP contribution in [0.1, 0.15) is 36.0 Å². The molecule has 1 saturated heterocycles. The molecule has 1 aliphatic rings. The number of hydrogen-bond acceptors (Lipinski definition) is 6. The van der Waals surface area contributed by atoms with Crippen LogP contribution >= 0.6 is 0 Å². The molecule has 1 aliphatic heterocycles. The summed E-state index contributed by atoms with van der Waals surface area (Å²) in [6.07, 6.45) is 1.51. The van der Waals surface area contributed by atoms with Gasteiger partial charge in [0, 0.05) is 19.0 Å². The quantitative estimate of drug-likeness (QED) is 0.548. The summed E-state index contributed by atoms with van der Waals surface area (Å²) < 4.78 is 29.3. The fraction of sp³-hybridized carbons (Fsp3) is 0.348. The molecule has 0 N–H and O–H groups in total. The van der Waals surface area contributed by atoms with Gasteiger partial charge in [-0.3, -0.25) is 4.79 Å². The summed E-state index contributed by atoms with van der Waals surface area (Å²) in [5, 5.41) is 4.09. The third-order valence-corrected chi connectivity index (χ3v) is 5.21. The first-order chi connectivity index (χ1) is 15.2. The summed E-state index contributed by atoms with van der Waals surface area (Å²) in [6, 6.07) is 15.5. The second-order valence-electron chi connectivity index (χ2n) is 7.42. The van der Waals surface area contributed by atoms with E-state index < -0.39 is 0 Å². The molecule has 1 amide bonds. The van der Waals surface area contributed by atoms with E-state index in [4.69, 9.17) is 14.0 Å². The molecule has 162 valence electrons. The molecule has 0 atom stereocenters. The highest BCUT2D eigenvalue weighted by Gasteiger charge is 2.27. The molecule has 0 bridgehead atoms. The van der Waals surface area contributed by atoms with E-state index in [9.17, 15) is 9.18 Å². The van der Waals surface area contributed by atoms with Gasteiger partial charge in [0.2, 0.25) is 0 Å². The average molecular weight is 425 g/mol. The lowest BCUT2D eigenvalue weighted by molar-refractivity contribution is -0.134. The number of benzene rings is 2. The van der Waals surface area contributed by atoms with Gasteiger partial charge in [-0.05, 0) is 42.7 Å². The number of nitrogens with zero attached hydrogens (tertiary/aromatic N) is 3. The zero-order valence-corrected chi connectivity index (χ0v) is 17.1. The summed E-state index contributed by atoms with van der Waals surface area (Å²) in [6.45, 7) is 1.88. The minimum atomic E-state index is -0.340. The lowest BCUT2D eigenvalue weighted by Crippen LogP contribution is -2.40. The molecule has 1 aromatic heterocycles. The molecule has 2 aromatic carbocycles. The van der Waals surface area contributed by atoms with Gasteiger partial charge in [-0.25, -0.2) is 4.39 Å². The van der Waals surface area contributed by atoms with E-state index in [1.54, 1.807) is 4.90 Å². The molecule has 31 heavy (non-hydrogen) atoms. The third kappa shape index (κ3) is 5.88. The summed E-state index contributed by atoms with van der Waals surface area (Å²) in [4.78, 5) is 18.6. The highest BCUT2D eigenvalue weighted by atomic mass is 19.1. The molecule has 7 nitrogen and oxygen atoms in total. The van der Waals surface area contributed by atoms with Crippen LogP contribution in [0.4, 0.5) is 4.39 Å². The first-order valence-electron chi connectivity index (χ1n) is 10.3. The van der Waals surface area contributed by atoms with E-state index >= 15 is 0 Å². The standard InChI is InChI=1S/C23H24FN3O4/c24-19-6-8-20(9-7-19)30-16-22(28)27-12-10-18(11-13-27)23-25-21(31-26-23)15-29-14-17-4-2-1-3-5-17/h1-9,18H,10-16H2. The Labute approximate surface area is 179 Å². The lowest BCUT2D eigenvalue weighted by Gasteiger charge is -2.30. The smallest absolute Gasteiger partial charge is 0.260 e. The monoisotopic (exact) mass is 425 g/mol. The number of ether oxygens (including phenoxy) is 2. The van der Waals surface area contributed by atoms with E-state index in [0.717, 1.165) is 18.4 Å². The molecule has 0 radical (unpaired) electrons. The minimum Gasteiger partial charge on any atom is -0.484 e. The van der Waals surface area contributed by atoms with Crippen molar-refractivity contribution in [2.45, 2.75) is 32.0 Å². The van der Waals surface area contributed by atoms with E-state index in [2.05, 4.69) is 10.1 Å². The predicted octanol–water partition coefficient (Wildman–Crippen LogP) is 3.71. The molecule has 1 fully saturated rings. The summed E-state index contributed by atoms with van der Waals surface area (Å²) >= 11 is 0. The van der Waals surface area contributed by atoms with Crippen LogP contribution < -0.4 is 4.74 Å². The summed E-state index contributed by atoms with van der Waals surface area (Å²) in [7, 11) is 0. The van der Waals surface area contributed by atoms with Gasteiger partial charge in [0.05, 0.1) is 6.61 Å². The maximum absolute atomic E-state index is 12.9. The zero-order chi connectivity index (χ0) is 21.5. The SMILES string of the molecule is O=C(COc1ccc(F)cc1)N1CCC(c2noc(COCc3ccccc3)n2)CC1. The zero-order valence-electron chi connectivity index (χ0n) is 17.1. The van der Waals surface area contributed by atoms with Crippen LogP contribution in [0.25, 0.3) is 0 Å². The van der Waals surface area contributed by atoms with E-state index in [0.29, 0.717) is 37.2 Å². The molecule has 3 aromatic rings. The predicted molar refractivity (Wildman–Crippen MR) is 110 cm³/mol. The van der Waals surface area contributed by atoms with Gasteiger partial charge in [0.25, 0.3) is 11.8 Å². The normalized spacial score (nSPS) is 14.5. The Morgan fingerprint density at radius 1 is 1.06 bits per heavy atom. The van der Waals surface area contributed by atoms with E-state index in [1.165, 1.54) is 24.3 Å². The van der Waals surface area contributed by atoms with Crippen LogP contribution in [0.2, 0.25) is 0 Å². The minimum absolute atomic E-state index is 0.0680. The molecule has 0 saturated carbocycles. The van der Waals surface area contributed by atoms with Crippen LogP contribution in [-0.2, 0) is 22.7 Å². The Morgan fingerprint density at radius 2 is 1.81 bits per heavy atom. The highest BCUT2D eigenvalue weighted by molar-refractivity contribution is 5.77. The molecule has 4 rings (SSSR count). The van der Waals surface area contributed by atoms with E-state index in [1.807, 2.05) is 30.3 Å². The van der Waals surface area contributed by atoms with E-state index in [-0.39, 0.29) is 30.9 Å². The van der Waals surface area contributed by atoms with Crippen molar-refractivity contribution in [1.29, 1.82) is 0 Å². The topological polar surface area (TPSA) is 77.7 Å². The summed E-state index contributed by atoms with van der Waals surface area (Å²) in [5.41, 5.74) is 1.09. The van der Waals surface area contributed by atoms with Gasteiger partial charge in [-0.15, -0.1) is 0 Å². The van der Waals surface area contributed by atoms with Gasteiger partial charge < -0.3 is 18.9 Å². The van der Waals surface area contributed by atoms with Crippen LogP contribution in [0.3, 0.4) is 0 Å². The van der Waals surface area contributed by atoms with Gasteiger partial charge in [0.1, 0.15) is 18.2 Å². The van der Waals surface area contributed by atoms with Gasteiger partial charge in [0.15, 0.2) is 12.4 Å². The van der Waals surface area contributed by atoms with Crippen molar-refractivity contribution in [2.75, 3.05) is 19.7 Å². The first kappa shape index (κ1) is 21.0. The number of amides is 1. The number of rotatable bonds is 8.